The lowest BCUT2D eigenvalue weighted by atomic mass is 9.97. The molecule has 0 radical (unpaired) electrons. The SMILES string of the molecule is COc1cccc(CC(NC(C)=O)C(=O)N2CCC(OC3CCCCC3)CC2)c1. The van der Waals surface area contributed by atoms with E-state index in [9.17, 15) is 9.59 Å². The van der Waals surface area contributed by atoms with Crippen LogP contribution < -0.4 is 10.1 Å². The molecule has 1 saturated heterocycles. The smallest absolute Gasteiger partial charge is 0.245 e. The van der Waals surface area contributed by atoms with Crippen LogP contribution in [0, 0.1) is 0 Å². The van der Waals surface area contributed by atoms with Crippen LogP contribution in [0.1, 0.15) is 57.4 Å². The van der Waals surface area contributed by atoms with Gasteiger partial charge in [0.1, 0.15) is 11.8 Å². The summed E-state index contributed by atoms with van der Waals surface area (Å²) < 4.78 is 11.6. The van der Waals surface area contributed by atoms with Crippen LogP contribution in [0.2, 0.25) is 0 Å². The molecule has 2 fully saturated rings. The second-order valence-electron chi connectivity index (χ2n) is 8.23. The molecular formula is C23H34N2O4. The van der Waals surface area contributed by atoms with Gasteiger partial charge in [-0.3, -0.25) is 9.59 Å². The molecule has 2 aliphatic rings. The molecule has 1 atom stereocenters. The quantitative estimate of drug-likeness (QED) is 0.761. The van der Waals surface area contributed by atoms with Crippen molar-refractivity contribution in [2.75, 3.05) is 20.2 Å². The molecule has 6 heteroatoms. The van der Waals surface area contributed by atoms with Gasteiger partial charge in [-0.2, -0.15) is 0 Å². The van der Waals surface area contributed by atoms with Crippen molar-refractivity contribution < 1.29 is 19.1 Å². The number of methoxy groups -OCH3 is 1. The third-order valence-electron chi connectivity index (χ3n) is 5.94. The standard InChI is InChI=1S/C23H34N2O4/c1-17(26)24-22(16-18-7-6-10-21(15-18)28-2)23(27)25-13-11-20(12-14-25)29-19-8-4-3-5-9-19/h6-7,10,15,19-20,22H,3-5,8-9,11-14,16H2,1-2H3,(H,24,26). The largest absolute Gasteiger partial charge is 0.497 e. The zero-order chi connectivity index (χ0) is 20.6. The molecule has 3 rings (SSSR count). The second-order valence-corrected chi connectivity index (χ2v) is 8.23. The highest BCUT2D eigenvalue weighted by molar-refractivity contribution is 5.87. The molecule has 29 heavy (non-hydrogen) atoms. The van der Waals surface area contributed by atoms with E-state index < -0.39 is 6.04 Å². The van der Waals surface area contributed by atoms with Gasteiger partial charge in [-0.15, -0.1) is 0 Å². The summed E-state index contributed by atoms with van der Waals surface area (Å²) in [6.45, 7) is 2.82. The zero-order valence-electron chi connectivity index (χ0n) is 17.7. The molecule has 0 aromatic heterocycles. The van der Waals surface area contributed by atoms with Crippen molar-refractivity contribution in [2.45, 2.75) is 76.5 Å². The van der Waals surface area contributed by atoms with Crippen LogP contribution in [-0.4, -0.2) is 55.2 Å². The lowest BCUT2D eigenvalue weighted by Gasteiger charge is -2.36. The molecule has 1 N–H and O–H groups in total. The first-order valence-electron chi connectivity index (χ1n) is 10.9. The van der Waals surface area contributed by atoms with Gasteiger partial charge < -0.3 is 19.7 Å². The Hall–Kier alpha value is -2.08. The maximum atomic E-state index is 13.1. The summed E-state index contributed by atoms with van der Waals surface area (Å²) in [5, 5.41) is 2.84. The van der Waals surface area contributed by atoms with E-state index in [0.717, 1.165) is 24.2 Å². The summed E-state index contributed by atoms with van der Waals surface area (Å²) in [6.07, 6.45) is 9.04. The van der Waals surface area contributed by atoms with Crippen molar-refractivity contribution in [3.05, 3.63) is 29.8 Å². The first-order chi connectivity index (χ1) is 14.0. The number of carbonyl (C=O) groups excluding carboxylic acids is 2. The minimum Gasteiger partial charge on any atom is -0.497 e. The Morgan fingerprint density at radius 1 is 1.10 bits per heavy atom. The highest BCUT2D eigenvalue weighted by Gasteiger charge is 2.30. The Balaban J connectivity index is 1.55. The zero-order valence-corrected chi connectivity index (χ0v) is 17.7. The van der Waals surface area contributed by atoms with Crippen LogP contribution in [0.5, 0.6) is 5.75 Å². The van der Waals surface area contributed by atoms with Crippen LogP contribution >= 0.6 is 0 Å². The Morgan fingerprint density at radius 2 is 1.79 bits per heavy atom. The topological polar surface area (TPSA) is 67.9 Å². The van der Waals surface area contributed by atoms with E-state index in [1.165, 1.54) is 39.0 Å². The van der Waals surface area contributed by atoms with Crippen LogP contribution in [0.3, 0.4) is 0 Å². The number of hydrogen-bond donors (Lipinski definition) is 1. The maximum absolute atomic E-state index is 13.1. The summed E-state index contributed by atoms with van der Waals surface area (Å²) in [4.78, 5) is 26.7. The molecule has 2 amide bonds. The second kappa shape index (κ2) is 10.6. The fraction of sp³-hybridized carbons (Fsp3) is 0.652. The van der Waals surface area contributed by atoms with E-state index in [1.54, 1.807) is 7.11 Å². The predicted molar refractivity (Wildman–Crippen MR) is 112 cm³/mol. The maximum Gasteiger partial charge on any atom is 0.245 e. The molecule has 1 heterocycles. The van der Waals surface area contributed by atoms with E-state index in [2.05, 4.69) is 5.32 Å². The molecule has 1 aliphatic heterocycles. The summed E-state index contributed by atoms with van der Waals surface area (Å²) in [5.41, 5.74) is 0.965. The van der Waals surface area contributed by atoms with Crippen molar-refractivity contribution in [2.24, 2.45) is 0 Å². The summed E-state index contributed by atoms with van der Waals surface area (Å²) in [7, 11) is 1.62. The summed E-state index contributed by atoms with van der Waals surface area (Å²) >= 11 is 0. The number of benzene rings is 1. The summed E-state index contributed by atoms with van der Waals surface area (Å²) in [6, 6.07) is 7.07. The molecule has 1 aromatic rings. The Labute approximate surface area is 173 Å². The van der Waals surface area contributed by atoms with E-state index in [1.807, 2.05) is 29.2 Å². The monoisotopic (exact) mass is 402 g/mol. The molecule has 1 unspecified atom stereocenters. The molecule has 1 aliphatic carbocycles. The lowest BCUT2D eigenvalue weighted by molar-refractivity contribution is -0.139. The highest BCUT2D eigenvalue weighted by Crippen LogP contribution is 2.25. The molecule has 1 aromatic carbocycles. The van der Waals surface area contributed by atoms with Crippen LogP contribution in [0.4, 0.5) is 0 Å². The van der Waals surface area contributed by atoms with Gasteiger partial charge in [-0.05, 0) is 43.4 Å². The van der Waals surface area contributed by atoms with E-state index in [4.69, 9.17) is 9.47 Å². The van der Waals surface area contributed by atoms with Gasteiger partial charge in [-0.25, -0.2) is 0 Å². The first kappa shape index (κ1) is 21.6. The average Bonchev–Trinajstić information content (AvgIpc) is 2.74. The van der Waals surface area contributed by atoms with Gasteiger partial charge in [0.05, 0.1) is 19.3 Å². The van der Waals surface area contributed by atoms with Gasteiger partial charge in [0.15, 0.2) is 0 Å². The predicted octanol–water partition coefficient (Wildman–Crippen LogP) is 3.08. The van der Waals surface area contributed by atoms with Gasteiger partial charge in [0, 0.05) is 26.4 Å². The average molecular weight is 403 g/mol. The molecule has 0 bridgehead atoms. The molecule has 1 saturated carbocycles. The number of rotatable bonds is 7. The number of nitrogens with one attached hydrogen (secondary N) is 1. The van der Waals surface area contributed by atoms with Crippen molar-refractivity contribution in [1.29, 1.82) is 0 Å². The Kier molecular flexibility index (Phi) is 7.92. The normalized spacial score (nSPS) is 19.6. The number of hydrogen-bond acceptors (Lipinski definition) is 4. The minimum atomic E-state index is -0.560. The number of likely N-dealkylation sites (tertiary alicyclic amines) is 1. The molecule has 160 valence electrons. The van der Waals surface area contributed by atoms with Crippen LogP contribution in [0.25, 0.3) is 0 Å². The number of amides is 2. The van der Waals surface area contributed by atoms with Crippen molar-refractivity contribution in [3.8, 4) is 5.75 Å². The number of carbonyl (C=O) groups is 2. The minimum absolute atomic E-state index is 0.0147. The van der Waals surface area contributed by atoms with Gasteiger partial charge in [0.25, 0.3) is 0 Å². The van der Waals surface area contributed by atoms with Crippen LogP contribution in [0.15, 0.2) is 24.3 Å². The van der Waals surface area contributed by atoms with E-state index in [-0.39, 0.29) is 17.9 Å². The van der Waals surface area contributed by atoms with Crippen molar-refractivity contribution in [1.82, 2.24) is 10.2 Å². The van der Waals surface area contributed by atoms with Crippen molar-refractivity contribution in [3.63, 3.8) is 0 Å². The van der Waals surface area contributed by atoms with E-state index in [0.29, 0.717) is 25.6 Å². The fourth-order valence-electron chi connectivity index (χ4n) is 4.39. The third-order valence-corrected chi connectivity index (χ3v) is 5.94. The van der Waals surface area contributed by atoms with Crippen LogP contribution in [-0.2, 0) is 20.7 Å². The number of nitrogens with zero attached hydrogens (tertiary/aromatic N) is 1. The lowest BCUT2D eigenvalue weighted by Crippen LogP contribution is -2.52. The fourth-order valence-corrected chi connectivity index (χ4v) is 4.39. The first-order valence-corrected chi connectivity index (χ1v) is 10.9. The van der Waals surface area contributed by atoms with Gasteiger partial charge >= 0.3 is 0 Å². The molecule has 0 spiro atoms. The molecular weight excluding hydrogens is 368 g/mol. The van der Waals surface area contributed by atoms with Gasteiger partial charge in [0.2, 0.25) is 11.8 Å². The number of piperidine rings is 1. The Morgan fingerprint density at radius 3 is 2.45 bits per heavy atom. The summed E-state index contributed by atoms with van der Waals surface area (Å²) in [5.74, 6) is 0.540. The number of ether oxygens (including phenoxy) is 2. The molecule has 6 nitrogen and oxygen atoms in total. The van der Waals surface area contributed by atoms with Gasteiger partial charge in [-0.1, -0.05) is 31.4 Å². The third kappa shape index (κ3) is 6.46. The van der Waals surface area contributed by atoms with E-state index >= 15 is 0 Å². The van der Waals surface area contributed by atoms with Crippen molar-refractivity contribution >= 4 is 11.8 Å². The highest BCUT2D eigenvalue weighted by atomic mass is 16.5. The Bertz CT molecular complexity index is 679.